The van der Waals surface area contributed by atoms with Crippen LogP contribution in [0.3, 0.4) is 0 Å². The van der Waals surface area contributed by atoms with E-state index in [-0.39, 0.29) is 23.7 Å². The van der Waals surface area contributed by atoms with Gasteiger partial charge in [0.2, 0.25) is 0 Å². The van der Waals surface area contributed by atoms with Gasteiger partial charge in [0.15, 0.2) is 0 Å². The third-order valence-electron chi connectivity index (χ3n) is 4.62. The van der Waals surface area contributed by atoms with Crippen LogP contribution < -0.4 is 15.4 Å². The van der Waals surface area contributed by atoms with Crippen LogP contribution in [0.4, 0.5) is 0 Å². The van der Waals surface area contributed by atoms with Crippen LogP contribution in [0.5, 0.6) is 5.75 Å². The van der Waals surface area contributed by atoms with E-state index in [1.54, 1.807) is 0 Å². The summed E-state index contributed by atoms with van der Waals surface area (Å²) < 4.78 is 5.68. The Morgan fingerprint density at radius 2 is 1.88 bits per heavy atom. The summed E-state index contributed by atoms with van der Waals surface area (Å²) in [4.78, 5) is 12.3. The topological polar surface area (TPSA) is 50.4 Å². The molecule has 0 spiro atoms. The van der Waals surface area contributed by atoms with E-state index >= 15 is 0 Å². The second-order valence-electron chi connectivity index (χ2n) is 6.82. The predicted molar refractivity (Wildman–Crippen MR) is 101 cm³/mol. The van der Waals surface area contributed by atoms with E-state index < -0.39 is 0 Å². The lowest BCUT2D eigenvalue weighted by molar-refractivity contribution is 0.0922. The van der Waals surface area contributed by atoms with Crippen LogP contribution in [0.2, 0.25) is 0 Å². The van der Waals surface area contributed by atoms with Crippen molar-refractivity contribution in [3.05, 3.63) is 29.8 Å². The SMILES string of the molecule is CCCCCOc1ccc(C(=O)NCC2(C)CCNCC2)cc1.Cl. The molecule has 2 N–H and O–H groups in total. The smallest absolute Gasteiger partial charge is 0.251 e. The third kappa shape index (κ3) is 6.70. The molecule has 0 atom stereocenters. The molecule has 0 aromatic heterocycles. The highest BCUT2D eigenvalue weighted by Crippen LogP contribution is 2.26. The van der Waals surface area contributed by atoms with Crippen molar-refractivity contribution in [2.45, 2.75) is 46.0 Å². The molecule has 0 aliphatic carbocycles. The summed E-state index contributed by atoms with van der Waals surface area (Å²) in [6.07, 6.45) is 5.67. The number of hydrogen-bond donors (Lipinski definition) is 2. The van der Waals surface area contributed by atoms with Crippen molar-refractivity contribution < 1.29 is 9.53 Å². The molecule has 1 aliphatic heterocycles. The number of piperidine rings is 1. The molecule has 1 heterocycles. The first-order chi connectivity index (χ1) is 11.1. The number of unbranched alkanes of at least 4 members (excludes halogenated alkanes) is 2. The number of nitrogens with one attached hydrogen (secondary N) is 2. The van der Waals surface area contributed by atoms with Gasteiger partial charge in [0.1, 0.15) is 5.75 Å². The van der Waals surface area contributed by atoms with Gasteiger partial charge < -0.3 is 15.4 Å². The maximum atomic E-state index is 12.3. The maximum Gasteiger partial charge on any atom is 0.251 e. The first-order valence-electron chi connectivity index (χ1n) is 8.85. The van der Waals surface area contributed by atoms with Crippen molar-refractivity contribution in [3.63, 3.8) is 0 Å². The summed E-state index contributed by atoms with van der Waals surface area (Å²) in [6, 6.07) is 7.45. The maximum absolute atomic E-state index is 12.3. The van der Waals surface area contributed by atoms with Crippen molar-refractivity contribution in [1.29, 1.82) is 0 Å². The van der Waals surface area contributed by atoms with Gasteiger partial charge in [-0.25, -0.2) is 0 Å². The van der Waals surface area contributed by atoms with Gasteiger partial charge in [0.25, 0.3) is 5.91 Å². The zero-order valence-electron chi connectivity index (χ0n) is 14.9. The minimum absolute atomic E-state index is 0. The molecule has 1 amide bonds. The lowest BCUT2D eigenvalue weighted by Gasteiger charge is -2.34. The van der Waals surface area contributed by atoms with Gasteiger partial charge in [-0.1, -0.05) is 26.7 Å². The van der Waals surface area contributed by atoms with E-state index in [9.17, 15) is 4.79 Å². The molecule has 1 aliphatic rings. The fourth-order valence-electron chi connectivity index (χ4n) is 2.85. The number of rotatable bonds is 8. The molecule has 1 fully saturated rings. The van der Waals surface area contributed by atoms with Gasteiger partial charge in [-0.3, -0.25) is 4.79 Å². The first-order valence-corrected chi connectivity index (χ1v) is 8.85. The molecule has 5 heteroatoms. The Hall–Kier alpha value is -1.26. The number of hydrogen-bond acceptors (Lipinski definition) is 3. The average molecular weight is 355 g/mol. The van der Waals surface area contributed by atoms with Gasteiger partial charge in [-0.15, -0.1) is 12.4 Å². The Balaban J connectivity index is 0.00000288. The van der Waals surface area contributed by atoms with Gasteiger partial charge in [0.05, 0.1) is 6.61 Å². The summed E-state index contributed by atoms with van der Waals surface area (Å²) in [6.45, 7) is 7.99. The Labute approximate surface area is 152 Å². The summed E-state index contributed by atoms with van der Waals surface area (Å²) in [5.74, 6) is 0.838. The Bertz CT molecular complexity index is 485. The van der Waals surface area contributed by atoms with E-state index in [0.717, 1.165) is 51.3 Å². The van der Waals surface area contributed by atoms with E-state index in [2.05, 4.69) is 24.5 Å². The molecule has 0 bridgehead atoms. The molecule has 0 saturated carbocycles. The quantitative estimate of drug-likeness (QED) is 0.698. The standard InChI is InChI=1S/C19H30N2O2.ClH/c1-3-4-5-14-23-17-8-6-16(7-9-17)18(22)21-15-19(2)10-12-20-13-11-19;/h6-9,20H,3-5,10-15H2,1-2H3,(H,21,22);1H. The van der Waals surface area contributed by atoms with Crippen LogP contribution in [-0.4, -0.2) is 32.1 Å². The Morgan fingerprint density at radius 1 is 1.21 bits per heavy atom. The molecule has 4 nitrogen and oxygen atoms in total. The van der Waals surface area contributed by atoms with E-state index in [1.165, 1.54) is 12.8 Å². The van der Waals surface area contributed by atoms with Crippen molar-refractivity contribution in [1.82, 2.24) is 10.6 Å². The van der Waals surface area contributed by atoms with Crippen LogP contribution in [0.15, 0.2) is 24.3 Å². The second kappa shape index (κ2) is 10.6. The molecular formula is C19H31ClN2O2. The molecular weight excluding hydrogens is 324 g/mol. The molecule has 136 valence electrons. The van der Waals surface area contributed by atoms with Gasteiger partial charge in [0, 0.05) is 12.1 Å². The van der Waals surface area contributed by atoms with Crippen molar-refractivity contribution >= 4 is 18.3 Å². The molecule has 2 rings (SSSR count). The Kier molecular flexibility index (Phi) is 9.16. The van der Waals surface area contributed by atoms with Crippen LogP contribution in [0.1, 0.15) is 56.3 Å². The third-order valence-corrected chi connectivity index (χ3v) is 4.62. The summed E-state index contributed by atoms with van der Waals surface area (Å²) in [7, 11) is 0. The molecule has 24 heavy (non-hydrogen) atoms. The van der Waals surface area contributed by atoms with Crippen LogP contribution in [-0.2, 0) is 0 Å². The fraction of sp³-hybridized carbons (Fsp3) is 0.632. The van der Waals surface area contributed by atoms with Crippen LogP contribution in [0, 0.1) is 5.41 Å². The van der Waals surface area contributed by atoms with Crippen molar-refractivity contribution in [3.8, 4) is 5.75 Å². The fourth-order valence-corrected chi connectivity index (χ4v) is 2.85. The van der Waals surface area contributed by atoms with E-state index in [0.29, 0.717) is 5.56 Å². The Morgan fingerprint density at radius 3 is 2.50 bits per heavy atom. The lowest BCUT2D eigenvalue weighted by Crippen LogP contribution is -2.42. The van der Waals surface area contributed by atoms with E-state index in [4.69, 9.17) is 4.74 Å². The molecule has 0 unspecified atom stereocenters. The van der Waals surface area contributed by atoms with Gasteiger partial charge in [-0.2, -0.15) is 0 Å². The highest BCUT2D eigenvalue weighted by molar-refractivity contribution is 5.94. The lowest BCUT2D eigenvalue weighted by atomic mass is 9.81. The second-order valence-corrected chi connectivity index (χ2v) is 6.82. The summed E-state index contributed by atoms with van der Waals surface area (Å²) in [5, 5.41) is 6.44. The van der Waals surface area contributed by atoms with Crippen molar-refractivity contribution in [2.24, 2.45) is 5.41 Å². The minimum atomic E-state index is 0. The highest BCUT2D eigenvalue weighted by atomic mass is 35.5. The number of carbonyl (C=O) groups excluding carboxylic acids is 1. The van der Waals surface area contributed by atoms with E-state index in [1.807, 2.05) is 24.3 Å². The molecule has 0 radical (unpaired) electrons. The average Bonchev–Trinajstić information content (AvgIpc) is 2.58. The van der Waals surface area contributed by atoms with Crippen molar-refractivity contribution in [2.75, 3.05) is 26.2 Å². The minimum Gasteiger partial charge on any atom is -0.494 e. The molecule has 1 saturated heterocycles. The van der Waals surface area contributed by atoms with Crippen LogP contribution in [0.25, 0.3) is 0 Å². The zero-order valence-corrected chi connectivity index (χ0v) is 15.7. The highest BCUT2D eigenvalue weighted by Gasteiger charge is 2.27. The van der Waals surface area contributed by atoms with Gasteiger partial charge in [-0.05, 0) is 62.0 Å². The summed E-state index contributed by atoms with van der Waals surface area (Å²) >= 11 is 0. The molecule has 1 aromatic rings. The number of carbonyl (C=O) groups is 1. The van der Waals surface area contributed by atoms with Crippen LogP contribution >= 0.6 is 12.4 Å². The molecule has 1 aromatic carbocycles. The number of ether oxygens (including phenoxy) is 1. The predicted octanol–water partition coefficient (Wildman–Crippen LogP) is 3.80. The monoisotopic (exact) mass is 354 g/mol. The van der Waals surface area contributed by atoms with Gasteiger partial charge >= 0.3 is 0 Å². The number of halogens is 1. The number of amides is 1. The number of benzene rings is 1. The normalized spacial score (nSPS) is 16.1. The zero-order chi connectivity index (χ0) is 16.5. The summed E-state index contributed by atoms with van der Waals surface area (Å²) in [5.41, 5.74) is 0.909. The first kappa shape index (κ1) is 20.8. The largest absolute Gasteiger partial charge is 0.494 e.